The monoisotopic (exact) mass is 325 g/mol. The van der Waals surface area contributed by atoms with Crippen LogP contribution >= 0.6 is 36.2 Å². The van der Waals surface area contributed by atoms with Crippen molar-refractivity contribution in [3.63, 3.8) is 0 Å². The van der Waals surface area contributed by atoms with Gasteiger partial charge in [-0.3, -0.25) is 4.90 Å². The highest BCUT2D eigenvalue weighted by Gasteiger charge is 2.21. The molecule has 0 aromatic carbocycles. The van der Waals surface area contributed by atoms with Crippen molar-refractivity contribution in [1.29, 1.82) is 0 Å². The van der Waals surface area contributed by atoms with Crippen LogP contribution in [0.5, 0.6) is 0 Å². The van der Waals surface area contributed by atoms with Gasteiger partial charge in [-0.1, -0.05) is 20.8 Å². The topological polar surface area (TPSA) is 28.2 Å². The average Bonchev–Trinajstić information content (AvgIpc) is 2.69. The summed E-state index contributed by atoms with van der Waals surface area (Å²) >= 11 is 1.80. The molecule has 3 nitrogen and oxygen atoms in total. The third kappa shape index (κ3) is 5.20. The van der Waals surface area contributed by atoms with E-state index in [-0.39, 0.29) is 30.2 Å². The summed E-state index contributed by atoms with van der Waals surface area (Å²) in [5.74, 6) is 0. The summed E-state index contributed by atoms with van der Waals surface area (Å²) in [4.78, 5) is 7.28. The summed E-state index contributed by atoms with van der Waals surface area (Å²) < 4.78 is 0. The van der Waals surface area contributed by atoms with Gasteiger partial charge >= 0.3 is 0 Å². The molecular formula is C13H25Cl2N3S. The number of rotatable bonds is 2. The van der Waals surface area contributed by atoms with Gasteiger partial charge in [0.05, 0.1) is 12.2 Å². The molecule has 1 aromatic heterocycles. The third-order valence-electron chi connectivity index (χ3n) is 3.30. The van der Waals surface area contributed by atoms with E-state index in [0.29, 0.717) is 6.04 Å². The average molecular weight is 326 g/mol. The van der Waals surface area contributed by atoms with Crippen LogP contribution in [0.2, 0.25) is 0 Å². The molecule has 0 amide bonds. The summed E-state index contributed by atoms with van der Waals surface area (Å²) in [5.41, 5.74) is 1.39. The van der Waals surface area contributed by atoms with Gasteiger partial charge in [0.2, 0.25) is 0 Å². The van der Waals surface area contributed by atoms with Gasteiger partial charge in [0.15, 0.2) is 0 Å². The first-order valence-electron chi connectivity index (χ1n) is 6.36. The molecule has 2 heterocycles. The van der Waals surface area contributed by atoms with Gasteiger partial charge < -0.3 is 5.32 Å². The molecule has 6 heteroatoms. The Hall–Kier alpha value is 0.130. The van der Waals surface area contributed by atoms with Crippen LogP contribution in [0.25, 0.3) is 0 Å². The predicted octanol–water partition coefficient (Wildman–Crippen LogP) is 3.08. The number of nitrogens with one attached hydrogen (secondary N) is 1. The standard InChI is InChI=1S/C13H23N3S.2ClH/c1-10-7-14-5-6-16(10)8-12-15-11(9-17-12)13(2,3)4;;/h9-10,14H,5-8H2,1-4H3;2*1H/t10-;;/m1../s1. The van der Waals surface area contributed by atoms with E-state index in [9.17, 15) is 0 Å². The van der Waals surface area contributed by atoms with Crippen LogP contribution in [0.1, 0.15) is 38.4 Å². The number of piperazine rings is 1. The lowest BCUT2D eigenvalue weighted by molar-refractivity contribution is 0.165. The highest BCUT2D eigenvalue weighted by atomic mass is 35.5. The molecule has 2 rings (SSSR count). The van der Waals surface area contributed by atoms with Gasteiger partial charge in [0, 0.05) is 36.5 Å². The lowest BCUT2D eigenvalue weighted by Gasteiger charge is -2.33. The quantitative estimate of drug-likeness (QED) is 0.905. The fourth-order valence-electron chi connectivity index (χ4n) is 2.02. The van der Waals surface area contributed by atoms with Crippen molar-refractivity contribution in [3.05, 3.63) is 16.1 Å². The number of hydrogen-bond acceptors (Lipinski definition) is 4. The van der Waals surface area contributed by atoms with E-state index < -0.39 is 0 Å². The number of hydrogen-bond donors (Lipinski definition) is 1. The zero-order chi connectivity index (χ0) is 12.5. The minimum absolute atomic E-state index is 0. The summed E-state index contributed by atoms with van der Waals surface area (Å²) in [6.07, 6.45) is 0. The highest BCUT2D eigenvalue weighted by Crippen LogP contribution is 2.24. The van der Waals surface area contributed by atoms with E-state index in [0.717, 1.165) is 26.2 Å². The molecule has 1 aliphatic rings. The normalized spacial score (nSPS) is 20.5. The first-order valence-corrected chi connectivity index (χ1v) is 7.24. The zero-order valence-electron chi connectivity index (χ0n) is 12.1. The second kappa shape index (κ2) is 7.79. The van der Waals surface area contributed by atoms with Gasteiger partial charge in [-0.2, -0.15) is 0 Å². The second-order valence-electron chi connectivity index (χ2n) is 5.90. The van der Waals surface area contributed by atoms with Crippen LogP contribution in [-0.4, -0.2) is 35.6 Å². The van der Waals surface area contributed by atoms with Crippen molar-refractivity contribution in [2.24, 2.45) is 0 Å². The van der Waals surface area contributed by atoms with Crippen molar-refractivity contribution in [2.45, 2.75) is 45.7 Å². The van der Waals surface area contributed by atoms with Gasteiger partial charge in [-0.15, -0.1) is 36.2 Å². The van der Waals surface area contributed by atoms with E-state index in [2.05, 4.69) is 43.3 Å². The molecule has 112 valence electrons. The molecule has 0 spiro atoms. The van der Waals surface area contributed by atoms with Crippen molar-refractivity contribution in [1.82, 2.24) is 15.2 Å². The molecule has 19 heavy (non-hydrogen) atoms. The van der Waals surface area contributed by atoms with E-state index >= 15 is 0 Å². The van der Waals surface area contributed by atoms with E-state index in [4.69, 9.17) is 4.98 Å². The van der Waals surface area contributed by atoms with Crippen molar-refractivity contribution < 1.29 is 0 Å². The fraction of sp³-hybridized carbons (Fsp3) is 0.769. The van der Waals surface area contributed by atoms with Crippen LogP contribution in [0.3, 0.4) is 0 Å². The summed E-state index contributed by atoms with van der Waals surface area (Å²) in [5, 5.41) is 6.88. The summed E-state index contributed by atoms with van der Waals surface area (Å²) in [6, 6.07) is 0.616. The minimum atomic E-state index is 0. The Morgan fingerprint density at radius 1 is 1.42 bits per heavy atom. The molecule has 1 aliphatic heterocycles. The van der Waals surface area contributed by atoms with Crippen LogP contribution < -0.4 is 5.32 Å². The highest BCUT2D eigenvalue weighted by molar-refractivity contribution is 7.09. The molecule has 1 saturated heterocycles. The van der Waals surface area contributed by atoms with E-state index in [1.165, 1.54) is 10.7 Å². The van der Waals surface area contributed by atoms with Gasteiger partial charge in [0.1, 0.15) is 5.01 Å². The predicted molar refractivity (Wildman–Crippen MR) is 88.1 cm³/mol. The second-order valence-corrected chi connectivity index (χ2v) is 6.84. The molecule has 0 radical (unpaired) electrons. The van der Waals surface area contributed by atoms with Gasteiger partial charge in [-0.25, -0.2) is 4.98 Å². The Balaban J connectivity index is 0.00000162. The Labute approximate surface area is 133 Å². The van der Waals surface area contributed by atoms with Crippen molar-refractivity contribution >= 4 is 36.2 Å². The fourth-order valence-corrected chi connectivity index (χ4v) is 3.07. The molecule has 0 saturated carbocycles. The van der Waals surface area contributed by atoms with Crippen molar-refractivity contribution in [2.75, 3.05) is 19.6 Å². The van der Waals surface area contributed by atoms with Crippen LogP contribution in [0.4, 0.5) is 0 Å². The smallest absolute Gasteiger partial charge is 0.107 e. The summed E-state index contributed by atoms with van der Waals surface area (Å²) in [6.45, 7) is 13.3. The lowest BCUT2D eigenvalue weighted by Crippen LogP contribution is -2.49. The first kappa shape index (κ1) is 19.1. The maximum Gasteiger partial charge on any atom is 0.107 e. The number of aromatic nitrogens is 1. The van der Waals surface area contributed by atoms with Crippen LogP contribution in [0.15, 0.2) is 5.38 Å². The maximum absolute atomic E-state index is 4.77. The Morgan fingerprint density at radius 3 is 2.63 bits per heavy atom. The van der Waals surface area contributed by atoms with Crippen LogP contribution in [0, 0.1) is 0 Å². The molecule has 0 bridgehead atoms. The molecular weight excluding hydrogens is 301 g/mol. The van der Waals surface area contributed by atoms with Gasteiger partial charge in [0.25, 0.3) is 0 Å². The summed E-state index contributed by atoms with van der Waals surface area (Å²) in [7, 11) is 0. The van der Waals surface area contributed by atoms with Crippen LogP contribution in [-0.2, 0) is 12.0 Å². The molecule has 1 aromatic rings. The Bertz CT molecular complexity index is 376. The molecule has 1 fully saturated rings. The number of thiazole rings is 1. The van der Waals surface area contributed by atoms with E-state index in [1.54, 1.807) is 11.3 Å². The van der Waals surface area contributed by atoms with E-state index in [1.807, 2.05) is 0 Å². The molecule has 1 atom stereocenters. The Morgan fingerprint density at radius 2 is 2.11 bits per heavy atom. The van der Waals surface area contributed by atoms with Gasteiger partial charge in [-0.05, 0) is 6.92 Å². The van der Waals surface area contributed by atoms with Crippen molar-refractivity contribution in [3.8, 4) is 0 Å². The molecule has 0 unspecified atom stereocenters. The SMILES string of the molecule is C[C@@H]1CNCCN1Cc1nc(C(C)(C)C)cs1.Cl.Cl. The largest absolute Gasteiger partial charge is 0.314 e. The molecule has 1 N–H and O–H groups in total. The molecule has 0 aliphatic carbocycles. The minimum Gasteiger partial charge on any atom is -0.314 e. The number of nitrogens with zero attached hydrogens (tertiary/aromatic N) is 2. The maximum atomic E-state index is 4.77. The number of halogens is 2. The lowest BCUT2D eigenvalue weighted by atomic mass is 9.93. The zero-order valence-corrected chi connectivity index (χ0v) is 14.6. The first-order chi connectivity index (χ1) is 7.97. The third-order valence-corrected chi connectivity index (χ3v) is 4.13. The Kier molecular flexibility index (Phi) is 7.85.